The van der Waals surface area contributed by atoms with Crippen LogP contribution >= 0.6 is 0 Å². The monoisotopic (exact) mass is 512 g/mol. The maximum Gasteiger partial charge on any atom is -0.172 e. The van der Waals surface area contributed by atoms with E-state index in [2.05, 4.69) is 47.1 Å². The maximum atomic E-state index is 3.34. The van der Waals surface area contributed by atoms with Crippen LogP contribution in [0, 0.1) is 18.3 Å². The summed E-state index contributed by atoms with van der Waals surface area (Å²) in [6.45, 7) is 0. The van der Waals surface area contributed by atoms with Crippen molar-refractivity contribution in [1.82, 2.24) is 0 Å². The van der Waals surface area contributed by atoms with Gasteiger partial charge in [-0.1, -0.05) is 66.0 Å². The van der Waals surface area contributed by atoms with Gasteiger partial charge >= 0.3 is 28.4 Å². The SMILES string of the molecule is C1=CC2=C3C(=C4[CH-]CCCC4C2CC1)Cc1ccccc13.[CH2]=[Zr+2].[Cl-].[Cl-].c1cc[cH-]c1. The molecule has 1 fully saturated rings. The van der Waals surface area contributed by atoms with E-state index in [1.54, 1.807) is 27.9 Å². The molecule has 0 nitrogen and oxygen atoms in total. The van der Waals surface area contributed by atoms with Crippen molar-refractivity contribution in [3.63, 3.8) is 0 Å². The summed E-state index contributed by atoms with van der Waals surface area (Å²) in [6, 6.07) is 19.1. The number of halogens is 2. The molecule has 0 aliphatic heterocycles. The quantitative estimate of drug-likeness (QED) is 0.454. The average molecular weight is 515 g/mol. The Morgan fingerprint density at radius 2 is 1.70 bits per heavy atom. The van der Waals surface area contributed by atoms with Crippen molar-refractivity contribution in [3.05, 3.63) is 101 Å². The molecule has 4 aliphatic carbocycles. The number of benzene rings is 1. The number of fused-ring (bicyclic) bond motifs is 6. The van der Waals surface area contributed by atoms with Crippen molar-refractivity contribution < 1.29 is 49.0 Å². The summed E-state index contributed by atoms with van der Waals surface area (Å²) in [5, 5.41) is 0. The number of hydrogen-bond donors (Lipinski definition) is 0. The van der Waals surface area contributed by atoms with Crippen molar-refractivity contribution in [3.8, 4) is 0 Å². The Labute approximate surface area is 209 Å². The van der Waals surface area contributed by atoms with Crippen LogP contribution < -0.4 is 24.8 Å². The Hall–Kier alpha value is -1.01. The van der Waals surface area contributed by atoms with Gasteiger partial charge in [0, 0.05) is 0 Å². The zero-order valence-corrected chi connectivity index (χ0v) is 21.3. The Morgan fingerprint density at radius 1 is 0.933 bits per heavy atom. The van der Waals surface area contributed by atoms with Gasteiger partial charge in [-0.05, 0) is 36.7 Å². The fourth-order valence-electron chi connectivity index (χ4n) is 5.38. The van der Waals surface area contributed by atoms with Crippen LogP contribution in [0.1, 0.15) is 43.2 Å². The molecule has 1 saturated carbocycles. The number of allylic oxidation sites excluding steroid dienone is 6. The van der Waals surface area contributed by atoms with Gasteiger partial charge in [-0.3, -0.25) is 0 Å². The molecule has 0 heterocycles. The Kier molecular flexibility index (Phi) is 10.2. The molecular weight excluding hydrogens is 486 g/mol. The molecule has 2 unspecified atom stereocenters. The van der Waals surface area contributed by atoms with Crippen LogP contribution in [0.5, 0.6) is 0 Å². The second-order valence-electron chi connectivity index (χ2n) is 7.89. The van der Waals surface area contributed by atoms with Gasteiger partial charge in [-0.25, -0.2) is 24.1 Å². The molecule has 3 heteroatoms. The van der Waals surface area contributed by atoms with E-state index in [9.17, 15) is 0 Å². The van der Waals surface area contributed by atoms with Gasteiger partial charge in [-0.2, -0.15) is 23.8 Å². The maximum absolute atomic E-state index is 3.34. The largest absolute Gasteiger partial charge is 1.00 e. The fraction of sp³-hybridized carbons (Fsp3) is 0.296. The summed E-state index contributed by atoms with van der Waals surface area (Å²) in [7, 11) is 0. The van der Waals surface area contributed by atoms with E-state index in [4.69, 9.17) is 0 Å². The topological polar surface area (TPSA) is 0 Å². The molecule has 0 saturated heterocycles. The predicted octanol–water partition coefficient (Wildman–Crippen LogP) is 0.656. The first-order chi connectivity index (χ1) is 13.9. The van der Waals surface area contributed by atoms with E-state index >= 15 is 0 Å². The van der Waals surface area contributed by atoms with Crippen LogP contribution in [-0.2, 0) is 30.7 Å². The van der Waals surface area contributed by atoms with Gasteiger partial charge in [-0.15, -0.1) is 6.42 Å². The van der Waals surface area contributed by atoms with Gasteiger partial charge in [0.1, 0.15) is 0 Å². The van der Waals surface area contributed by atoms with E-state index in [0.717, 1.165) is 18.3 Å². The molecule has 0 spiro atoms. The molecular formula is C27H28Cl2Zr-2. The van der Waals surface area contributed by atoms with Crippen molar-refractivity contribution in [2.45, 2.75) is 38.5 Å². The van der Waals surface area contributed by atoms with Gasteiger partial charge in [0.15, 0.2) is 0 Å². The third kappa shape index (κ3) is 4.90. The average Bonchev–Trinajstić information content (AvgIpc) is 3.47. The second-order valence-corrected chi connectivity index (χ2v) is 7.89. The van der Waals surface area contributed by atoms with Crippen molar-refractivity contribution in [1.29, 1.82) is 0 Å². The molecule has 0 N–H and O–H groups in total. The molecule has 2 aromatic rings. The summed E-state index contributed by atoms with van der Waals surface area (Å²) < 4.78 is 3.34. The summed E-state index contributed by atoms with van der Waals surface area (Å²) in [5.74, 6) is 1.60. The minimum absolute atomic E-state index is 0. The van der Waals surface area contributed by atoms with E-state index in [0.29, 0.717) is 0 Å². The second kappa shape index (κ2) is 12.1. The smallest absolute Gasteiger partial charge is 0.172 e. The first-order valence-electron chi connectivity index (χ1n) is 10.5. The molecule has 0 bridgehead atoms. The minimum Gasteiger partial charge on any atom is -1.00 e. The molecule has 30 heavy (non-hydrogen) atoms. The molecule has 156 valence electrons. The summed E-state index contributed by atoms with van der Waals surface area (Å²) in [4.78, 5) is 0. The molecule has 2 aromatic carbocycles. The Morgan fingerprint density at radius 3 is 2.43 bits per heavy atom. The molecule has 2 atom stereocenters. The summed E-state index contributed by atoms with van der Waals surface area (Å²) in [5.41, 5.74) is 9.71. The normalized spacial score (nSPS) is 22.2. The predicted molar refractivity (Wildman–Crippen MR) is 117 cm³/mol. The van der Waals surface area contributed by atoms with E-state index in [-0.39, 0.29) is 24.8 Å². The minimum atomic E-state index is 0. The molecule has 6 rings (SSSR count). The standard InChI is InChI=1S/C21H21.C5H5.CH2.2ClH.Zr/c1-2-8-15-14(7-1)13-20-18-11-4-3-9-16(18)17-10-5-6-12-19(17)21(15)20;1-2-4-5-3-1;;;;/h1-2,6-8,11-12,16-17H,3-5,9-10,13H2;1-5H;1H2;2*1H;/q2*-1;;;;+2/p-2. The van der Waals surface area contributed by atoms with Crippen molar-refractivity contribution in [2.75, 3.05) is 0 Å². The summed E-state index contributed by atoms with van der Waals surface area (Å²) >= 11 is 1.30. The van der Waals surface area contributed by atoms with Crippen LogP contribution in [0.2, 0.25) is 0 Å². The van der Waals surface area contributed by atoms with E-state index < -0.39 is 0 Å². The molecule has 4 aliphatic rings. The van der Waals surface area contributed by atoms with Crippen LogP contribution in [0.4, 0.5) is 0 Å². The third-order valence-electron chi connectivity index (χ3n) is 6.46. The first kappa shape index (κ1) is 25.3. The zero-order chi connectivity index (χ0) is 19.3. The first-order valence-corrected chi connectivity index (χ1v) is 12.2. The van der Waals surface area contributed by atoms with Crippen LogP contribution in [-0.4, -0.2) is 4.21 Å². The zero-order valence-electron chi connectivity index (χ0n) is 17.3. The van der Waals surface area contributed by atoms with E-state index in [1.165, 1.54) is 61.9 Å². The van der Waals surface area contributed by atoms with Crippen molar-refractivity contribution in [2.24, 2.45) is 11.8 Å². The summed E-state index contributed by atoms with van der Waals surface area (Å²) in [6.07, 6.45) is 15.3. The van der Waals surface area contributed by atoms with E-state index in [1.807, 2.05) is 30.3 Å². The van der Waals surface area contributed by atoms with Crippen molar-refractivity contribution >= 4 is 9.78 Å². The third-order valence-corrected chi connectivity index (χ3v) is 6.46. The Balaban J connectivity index is 0.000000311. The fourth-order valence-corrected chi connectivity index (χ4v) is 5.38. The van der Waals surface area contributed by atoms with Crippen LogP contribution in [0.15, 0.2) is 83.5 Å². The molecule has 0 aromatic heterocycles. The van der Waals surface area contributed by atoms with Crippen LogP contribution in [0.3, 0.4) is 0 Å². The van der Waals surface area contributed by atoms with Gasteiger partial charge < -0.3 is 24.8 Å². The molecule has 0 amide bonds. The van der Waals surface area contributed by atoms with Gasteiger partial charge in [0.2, 0.25) is 0 Å². The van der Waals surface area contributed by atoms with Gasteiger partial charge in [0.05, 0.1) is 0 Å². The molecule has 0 radical (unpaired) electrons. The number of hydrogen-bond acceptors (Lipinski definition) is 0. The van der Waals surface area contributed by atoms with Crippen LogP contribution in [0.25, 0.3) is 5.57 Å². The Bertz CT molecular complexity index is 887. The van der Waals surface area contributed by atoms with Gasteiger partial charge in [0.25, 0.3) is 0 Å². The number of rotatable bonds is 0.